The van der Waals surface area contributed by atoms with Gasteiger partial charge in [0.2, 0.25) is 0 Å². The van der Waals surface area contributed by atoms with E-state index in [-0.39, 0.29) is 5.91 Å². The number of halogens is 1. The topological polar surface area (TPSA) is 29.1 Å². The number of benzene rings is 1. The molecular formula is C16H22BrNO. The predicted octanol–water partition coefficient (Wildman–Crippen LogP) is 4.46. The summed E-state index contributed by atoms with van der Waals surface area (Å²) < 4.78 is 0.992. The number of rotatable bonds is 4. The summed E-state index contributed by atoms with van der Waals surface area (Å²) in [7, 11) is 0. The Bertz CT molecular complexity index is 464. The van der Waals surface area contributed by atoms with Crippen molar-refractivity contribution in [3.05, 3.63) is 33.8 Å². The highest BCUT2D eigenvalue weighted by molar-refractivity contribution is 9.10. The number of carbonyl (C=O) groups excluding carboxylic acids is 1. The lowest BCUT2D eigenvalue weighted by Crippen LogP contribution is -2.35. The third kappa shape index (κ3) is 3.19. The zero-order valence-electron chi connectivity index (χ0n) is 11.8. The van der Waals surface area contributed by atoms with Crippen molar-refractivity contribution in [3.63, 3.8) is 0 Å². The van der Waals surface area contributed by atoms with Crippen LogP contribution in [0.1, 0.15) is 54.9 Å². The fourth-order valence-electron chi connectivity index (χ4n) is 3.00. The second-order valence-corrected chi connectivity index (χ2v) is 6.51. The van der Waals surface area contributed by atoms with Gasteiger partial charge in [0.25, 0.3) is 5.91 Å². The van der Waals surface area contributed by atoms with Gasteiger partial charge in [0, 0.05) is 16.6 Å². The van der Waals surface area contributed by atoms with E-state index >= 15 is 0 Å². The number of carbonyl (C=O) groups is 1. The molecule has 1 saturated carbocycles. The van der Waals surface area contributed by atoms with Crippen LogP contribution in [0.3, 0.4) is 0 Å². The van der Waals surface area contributed by atoms with Crippen molar-refractivity contribution in [1.82, 2.24) is 5.32 Å². The average Bonchev–Trinajstić information content (AvgIpc) is 2.89. The Labute approximate surface area is 124 Å². The van der Waals surface area contributed by atoms with Crippen LogP contribution < -0.4 is 5.32 Å². The van der Waals surface area contributed by atoms with Crippen molar-refractivity contribution < 1.29 is 4.79 Å². The van der Waals surface area contributed by atoms with Crippen molar-refractivity contribution in [3.8, 4) is 0 Å². The average molecular weight is 324 g/mol. The van der Waals surface area contributed by atoms with Gasteiger partial charge in [0.15, 0.2) is 0 Å². The fourth-order valence-corrected chi connectivity index (χ4v) is 3.36. The molecule has 1 amide bonds. The monoisotopic (exact) mass is 323 g/mol. The lowest BCUT2D eigenvalue weighted by Gasteiger charge is -2.27. The van der Waals surface area contributed by atoms with Crippen molar-refractivity contribution in [2.24, 2.45) is 5.41 Å². The Morgan fingerprint density at radius 3 is 2.68 bits per heavy atom. The molecule has 2 nitrogen and oxygen atoms in total. The molecule has 1 aromatic rings. The van der Waals surface area contributed by atoms with E-state index in [1.54, 1.807) is 0 Å². The lowest BCUT2D eigenvalue weighted by atomic mass is 9.83. The van der Waals surface area contributed by atoms with Gasteiger partial charge in [-0.25, -0.2) is 0 Å². The minimum Gasteiger partial charge on any atom is -0.351 e. The summed E-state index contributed by atoms with van der Waals surface area (Å²) >= 11 is 3.48. The zero-order valence-corrected chi connectivity index (χ0v) is 13.3. The third-order valence-electron chi connectivity index (χ3n) is 4.55. The van der Waals surface area contributed by atoms with E-state index in [1.807, 2.05) is 25.1 Å². The highest BCUT2D eigenvalue weighted by Gasteiger charge is 2.32. The number of amides is 1. The maximum absolute atomic E-state index is 12.3. The molecular weight excluding hydrogens is 302 g/mol. The molecule has 1 aliphatic rings. The summed E-state index contributed by atoms with van der Waals surface area (Å²) in [5, 5.41) is 3.14. The summed E-state index contributed by atoms with van der Waals surface area (Å²) in [5.41, 5.74) is 2.13. The van der Waals surface area contributed by atoms with Gasteiger partial charge >= 0.3 is 0 Å². The van der Waals surface area contributed by atoms with Crippen LogP contribution in [0, 0.1) is 12.3 Å². The van der Waals surface area contributed by atoms with Crippen LogP contribution in [0.25, 0.3) is 0 Å². The Morgan fingerprint density at radius 2 is 2.05 bits per heavy atom. The molecule has 1 N–H and O–H groups in total. The van der Waals surface area contributed by atoms with Gasteiger partial charge in [-0.3, -0.25) is 4.79 Å². The Hall–Kier alpha value is -0.830. The smallest absolute Gasteiger partial charge is 0.251 e. The van der Waals surface area contributed by atoms with Gasteiger partial charge in [0.05, 0.1) is 0 Å². The molecule has 104 valence electrons. The number of nitrogens with one attached hydrogen (secondary N) is 1. The summed E-state index contributed by atoms with van der Waals surface area (Å²) in [6.45, 7) is 5.03. The zero-order chi connectivity index (χ0) is 13.9. The number of hydrogen-bond donors (Lipinski definition) is 1. The van der Waals surface area contributed by atoms with Crippen LogP contribution in [0.15, 0.2) is 22.7 Å². The maximum Gasteiger partial charge on any atom is 0.251 e. The van der Waals surface area contributed by atoms with E-state index in [2.05, 4.69) is 28.2 Å². The SMILES string of the molecule is CCC1(CNC(=O)c2cccc(Br)c2C)CCCC1. The van der Waals surface area contributed by atoms with Crippen molar-refractivity contribution in [2.45, 2.75) is 46.0 Å². The molecule has 2 rings (SSSR count). The summed E-state index contributed by atoms with van der Waals surface area (Å²) in [6, 6.07) is 5.77. The van der Waals surface area contributed by atoms with Crippen molar-refractivity contribution in [1.29, 1.82) is 0 Å². The highest BCUT2D eigenvalue weighted by Crippen LogP contribution is 2.40. The van der Waals surface area contributed by atoms with Crippen molar-refractivity contribution >= 4 is 21.8 Å². The Balaban J connectivity index is 2.03. The molecule has 0 atom stereocenters. The second kappa shape index (κ2) is 6.08. The molecule has 0 aromatic heterocycles. The van der Waals surface area contributed by atoms with Gasteiger partial charge in [-0.2, -0.15) is 0 Å². The minimum absolute atomic E-state index is 0.0542. The Kier molecular flexibility index (Phi) is 4.67. The second-order valence-electron chi connectivity index (χ2n) is 5.66. The first-order chi connectivity index (χ1) is 9.08. The van der Waals surface area contributed by atoms with Gasteiger partial charge in [0.1, 0.15) is 0 Å². The molecule has 19 heavy (non-hydrogen) atoms. The van der Waals surface area contributed by atoms with Gasteiger partial charge < -0.3 is 5.32 Å². The van der Waals surface area contributed by atoms with Gasteiger partial charge in [-0.05, 0) is 49.3 Å². The molecule has 1 aliphatic carbocycles. The molecule has 0 saturated heterocycles. The first kappa shape index (κ1) is 14.6. The van der Waals surface area contributed by atoms with Crippen molar-refractivity contribution in [2.75, 3.05) is 6.54 Å². The van der Waals surface area contributed by atoms with Crippen LogP contribution in [-0.2, 0) is 0 Å². The standard InChI is InChI=1S/C16H22BrNO/c1-3-16(9-4-5-10-16)11-18-15(19)13-7-6-8-14(17)12(13)2/h6-8H,3-5,9-11H2,1-2H3,(H,18,19). The van der Waals surface area contributed by atoms with E-state index in [4.69, 9.17) is 0 Å². The predicted molar refractivity (Wildman–Crippen MR) is 82.4 cm³/mol. The molecule has 0 radical (unpaired) electrons. The molecule has 0 aliphatic heterocycles. The lowest BCUT2D eigenvalue weighted by molar-refractivity contribution is 0.0928. The Morgan fingerprint density at radius 1 is 1.37 bits per heavy atom. The van der Waals surface area contributed by atoms with Crippen LogP contribution in [0.5, 0.6) is 0 Å². The molecule has 1 fully saturated rings. The van der Waals surface area contributed by atoms with Crippen LogP contribution in [0.4, 0.5) is 0 Å². The van der Waals surface area contributed by atoms with E-state index in [0.717, 1.165) is 28.6 Å². The molecule has 1 aromatic carbocycles. The first-order valence-electron chi connectivity index (χ1n) is 7.11. The maximum atomic E-state index is 12.3. The summed E-state index contributed by atoms with van der Waals surface area (Å²) in [5.74, 6) is 0.0542. The molecule has 3 heteroatoms. The minimum atomic E-state index is 0.0542. The number of hydrogen-bond acceptors (Lipinski definition) is 1. The quantitative estimate of drug-likeness (QED) is 0.870. The van der Waals surface area contributed by atoms with Crippen LogP contribution in [-0.4, -0.2) is 12.5 Å². The van der Waals surface area contributed by atoms with E-state index in [9.17, 15) is 4.79 Å². The fraction of sp³-hybridized carbons (Fsp3) is 0.562. The largest absolute Gasteiger partial charge is 0.351 e. The summed E-state index contributed by atoms with van der Waals surface area (Å²) in [4.78, 5) is 12.3. The van der Waals surface area contributed by atoms with E-state index in [0.29, 0.717) is 5.41 Å². The molecule has 0 spiro atoms. The molecule has 0 bridgehead atoms. The molecule has 0 unspecified atom stereocenters. The van der Waals surface area contributed by atoms with Crippen LogP contribution in [0.2, 0.25) is 0 Å². The van der Waals surface area contributed by atoms with Crippen LogP contribution >= 0.6 is 15.9 Å². The highest BCUT2D eigenvalue weighted by atomic mass is 79.9. The van der Waals surface area contributed by atoms with Gasteiger partial charge in [-0.1, -0.05) is 41.8 Å². The van der Waals surface area contributed by atoms with E-state index in [1.165, 1.54) is 25.7 Å². The third-order valence-corrected chi connectivity index (χ3v) is 5.41. The van der Waals surface area contributed by atoms with E-state index < -0.39 is 0 Å². The van der Waals surface area contributed by atoms with Gasteiger partial charge in [-0.15, -0.1) is 0 Å². The summed E-state index contributed by atoms with van der Waals surface area (Å²) in [6.07, 6.45) is 6.27. The molecule has 0 heterocycles. The normalized spacial score (nSPS) is 17.4. The first-order valence-corrected chi connectivity index (χ1v) is 7.90.